The Labute approximate surface area is 90.1 Å². The van der Waals surface area contributed by atoms with E-state index in [1.807, 2.05) is 0 Å². The quantitative estimate of drug-likeness (QED) is 0.802. The third kappa shape index (κ3) is 3.16. The van der Waals surface area contributed by atoms with E-state index in [-0.39, 0.29) is 11.6 Å². The summed E-state index contributed by atoms with van der Waals surface area (Å²) in [6.07, 6.45) is 2.59. The lowest BCUT2D eigenvalue weighted by molar-refractivity contribution is 0.390. The molecule has 0 spiro atoms. The Balaban J connectivity index is 2.77. The fourth-order valence-electron chi connectivity index (χ4n) is 1.36. The fourth-order valence-corrected chi connectivity index (χ4v) is 1.36. The van der Waals surface area contributed by atoms with Gasteiger partial charge in [-0.25, -0.2) is 4.98 Å². The minimum absolute atomic E-state index is 0.0113. The second-order valence-electron chi connectivity index (χ2n) is 4.07. The zero-order valence-electron chi connectivity index (χ0n) is 9.60. The Morgan fingerprint density at radius 3 is 2.80 bits per heavy atom. The molecule has 2 N–H and O–H groups in total. The molecule has 2 unspecified atom stereocenters. The van der Waals surface area contributed by atoms with Crippen molar-refractivity contribution in [3.63, 3.8) is 0 Å². The highest BCUT2D eigenvalue weighted by atomic mass is 16.1. The van der Waals surface area contributed by atoms with Crippen LogP contribution in [0.5, 0.6) is 0 Å². The maximum atomic E-state index is 11.6. The van der Waals surface area contributed by atoms with Crippen LogP contribution in [0.3, 0.4) is 0 Å². The number of nitrogens with two attached hydrogens (primary N) is 1. The SMILES string of the molecule is CCC(C)C(N)Cn1cnc(C)cc1=O. The first kappa shape index (κ1) is 11.9. The number of aromatic nitrogens is 2. The topological polar surface area (TPSA) is 60.9 Å². The highest BCUT2D eigenvalue weighted by molar-refractivity contribution is 4.96. The monoisotopic (exact) mass is 209 g/mol. The van der Waals surface area contributed by atoms with Gasteiger partial charge >= 0.3 is 0 Å². The van der Waals surface area contributed by atoms with E-state index in [4.69, 9.17) is 5.73 Å². The molecule has 0 aliphatic rings. The smallest absolute Gasteiger partial charge is 0.253 e. The van der Waals surface area contributed by atoms with Crippen LogP contribution in [0.15, 0.2) is 17.2 Å². The van der Waals surface area contributed by atoms with Gasteiger partial charge in [0.25, 0.3) is 5.56 Å². The third-order valence-corrected chi connectivity index (χ3v) is 2.80. The summed E-state index contributed by atoms with van der Waals surface area (Å²) in [7, 11) is 0. The fraction of sp³-hybridized carbons (Fsp3) is 0.636. The van der Waals surface area contributed by atoms with Gasteiger partial charge in [0.15, 0.2) is 0 Å². The molecule has 1 heterocycles. The van der Waals surface area contributed by atoms with Crippen LogP contribution in [-0.4, -0.2) is 15.6 Å². The van der Waals surface area contributed by atoms with Gasteiger partial charge in [-0.2, -0.15) is 0 Å². The summed E-state index contributed by atoms with van der Waals surface area (Å²) in [5, 5.41) is 0. The van der Waals surface area contributed by atoms with E-state index in [2.05, 4.69) is 18.8 Å². The van der Waals surface area contributed by atoms with Gasteiger partial charge in [-0.05, 0) is 12.8 Å². The molecule has 0 saturated carbocycles. The summed E-state index contributed by atoms with van der Waals surface area (Å²) >= 11 is 0. The van der Waals surface area contributed by atoms with Gasteiger partial charge in [0.2, 0.25) is 0 Å². The van der Waals surface area contributed by atoms with Gasteiger partial charge in [-0.1, -0.05) is 20.3 Å². The molecule has 0 aromatic carbocycles. The average Bonchev–Trinajstić information content (AvgIpc) is 2.20. The van der Waals surface area contributed by atoms with Crippen LogP contribution in [-0.2, 0) is 6.54 Å². The van der Waals surface area contributed by atoms with E-state index in [0.717, 1.165) is 12.1 Å². The predicted octanol–water partition coefficient (Wildman–Crippen LogP) is 0.925. The van der Waals surface area contributed by atoms with Gasteiger partial charge in [0.05, 0.1) is 6.33 Å². The number of nitrogens with zero attached hydrogens (tertiary/aromatic N) is 2. The zero-order chi connectivity index (χ0) is 11.4. The van der Waals surface area contributed by atoms with Crippen LogP contribution in [0.25, 0.3) is 0 Å². The number of hydrogen-bond donors (Lipinski definition) is 1. The van der Waals surface area contributed by atoms with Crippen molar-refractivity contribution in [3.05, 3.63) is 28.4 Å². The summed E-state index contributed by atoms with van der Waals surface area (Å²) in [6, 6.07) is 1.54. The molecule has 2 atom stereocenters. The van der Waals surface area contributed by atoms with Crippen molar-refractivity contribution in [2.24, 2.45) is 11.7 Å². The van der Waals surface area contributed by atoms with Crippen molar-refractivity contribution in [2.75, 3.05) is 0 Å². The van der Waals surface area contributed by atoms with Crippen LogP contribution in [0.1, 0.15) is 26.0 Å². The van der Waals surface area contributed by atoms with E-state index in [1.54, 1.807) is 17.8 Å². The van der Waals surface area contributed by atoms with Crippen LogP contribution >= 0.6 is 0 Å². The summed E-state index contributed by atoms with van der Waals surface area (Å²) in [5.41, 5.74) is 6.70. The van der Waals surface area contributed by atoms with Gasteiger partial charge < -0.3 is 5.73 Å². The van der Waals surface area contributed by atoms with Crippen LogP contribution < -0.4 is 11.3 Å². The minimum Gasteiger partial charge on any atom is -0.326 e. The van der Waals surface area contributed by atoms with E-state index in [9.17, 15) is 4.79 Å². The number of rotatable bonds is 4. The molecule has 0 radical (unpaired) electrons. The normalized spacial score (nSPS) is 14.9. The summed E-state index contributed by atoms with van der Waals surface area (Å²) in [5.74, 6) is 0.415. The average molecular weight is 209 g/mol. The molecule has 0 amide bonds. The van der Waals surface area contributed by atoms with Crippen molar-refractivity contribution < 1.29 is 0 Å². The van der Waals surface area contributed by atoms with Gasteiger partial charge in [-0.15, -0.1) is 0 Å². The highest BCUT2D eigenvalue weighted by Crippen LogP contribution is 2.06. The molecule has 4 heteroatoms. The van der Waals surface area contributed by atoms with Gasteiger partial charge in [0, 0.05) is 24.3 Å². The largest absolute Gasteiger partial charge is 0.326 e. The Bertz CT molecular complexity index is 372. The maximum Gasteiger partial charge on any atom is 0.253 e. The molecule has 0 aliphatic carbocycles. The van der Waals surface area contributed by atoms with Crippen molar-refractivity contribution in [1.82, 2.24) is 9.55 Å². The number of hydrogen-bond acceptors (Lipinski definition) is 3. The zero-order valence-corrected chi connectivity index (χ0v) is 9.60. The molecule has 0 saturated heterocycles. The maximum absolute atomic E-state index is 11.6. The molecule has 15 heavy (non-hydrogen) atoms. The molecular formula is C11H19N3O. The molecule has 4 nitrogen and oxygen atoms in total. The lowest BCUT2D eigenvalue weighted by Crippen LogP contribution is -2.36. The second-order valence-corrected chi connectivity index (χ2v) is 4.07. The van der Waals surface area contributed by atoms with Crippen molar-refractivity contribution in [3.8, 4) is 0 Å². The third-order valence-electron chi connectivity index (χ3n) is 2.80. The predicted molar refractivity (Wildman–Crippen MR) is 60.7 cm³/mol. The van der Waals surface area contributed by atoms with Crippen LogP contribution in [0, 0.1) is 12.8 Å². The minimum atomic E-state index is -0.0266. The van der Waals surface area contributed by atoms with E-state index in [0.29, 0.717) is 12.5 Å². The standard InChI is InChI=1S/C11H19N3O/c1-4-8(2)10(12)6-14-7-13-9(3)5-11(14)15/h5,7-8,10H,4,6,12H2,1-3H3. The molecule has 1 rings (SSSR count). The van der Waals surface area contributed by atoms with E-state index < -0.39 is 0 Å². The second kappa shape index (κ2) is 5.07. The lowest BCUT2D eigenvalue weighted by atomic mass is 10.0. The first-order valence-electron chi connectivity index (χ1n) is 5.33. The summed E-state index contributed by atoms with van der Waals surface area (Å²) in [4.78, 5) is 15.6. The molecule has 0 fully saturated rings. The summed E-state index contributed by atoms with van der Waals surface area (Å²) in [6.45, 7) is 6.54. The van der Waals surface area contributed by atoms with Crippen LogP contribution in [0.4, 0.5) is 0 Å². The Morgan fingerprint density at radius 1 is 1.60 bits per heavy atom. The van der Waals surface area contributed by atoms with E-state index in [1.165, 1.54) is 6.07 Å². The molecule has 1 aromatic rings. The molecule has 1 aromatic heterocycles. The first-order valence-corrected chi connectivity index (χ1v) is 5.33. The Hall–Kier alpha value is -1.16. The molecular weight excluding hydrogens is 190 g/mol. The van der Waals surface area contributed by atoms with Crippen LogP contribution in [0.2, 0.25) is 0 Å². The molecule has 0 aliphatic heterocycles. The van der Waals surface area contributed by atoms with Crippen molar-refractivity contribution in [2.45, 2.75) is 39.8 Å². The van der Waals surface area contributed by atoms with Gasteiger partial charge in [-0.3, -0.25) is 9.36 Å². The van der Waals surface area contributed by atoms with E-state index >= 15 is 0 Å². The lowest BCUT2D eigenvalue weighted by Gasteiger charge is -2.18. The Kier molecular flexibility index (Phi) is 4.03. The van der Waals surface area contributed by atoms with Crippen molar-refractivity contribution in [1.29, 1.82) is 0 Å². The highest BCUT2D eigenvalue weighted by Gasteiger charge is 2.11. The molecule has 0 bridgehead atoms. The van der Waals surface area contributed by atoms with Crippen molar-refractivity contribution >= 4 is 0 Å². The van der Waals surface area contributed by atoms with Gasteiger partial charge in [0.1, 0.15) is 0 Å². The summed E-state index contributed by atoms with van der Waals surface area (Å²) < 4.78 is 1.57. The first-order chi connectivity index (χ1) is 7.04. The molecule has 84 valence electrons. The Morgan fingerprint density at radius 2 is 2.27 bits per heavy atom. The number of aryl methyl sites for hydroxylation is 1.